The number of rotatable bonds is 2. The predicted octanol–water partition coefficient (Wildman–Crippen LogP) is 3.43. The molecule has 1 unspecified atom stereocenters. The topological polar surface area (TPSA) is 35.2 Å². The Bertz CT molecular complexity index is 643. The van der Waals surface area contributed by atoms with Crippen molar-refractivity contribution in [3.63, 3.8) is 0 Å². The highest BCUT2D eigenvalue weighted by Crippen LogP contribution is 2.31. The third-order valence-electron chi connectivity index (χ3n) is 3.86. The highest BCUT2D eigenvalue weighted by molar-refractivity contribution is 5.45. The fourth-order valence-corrected chi connectivity index (χ4v) is 2.89. The fraction of sp³-hybridized carbons (Fsp3) is 0.294. The molecule has 0 amide bonds. The molecule has 0 aromatic heterocycles. The molecule has 1 aliphatic rings. The number of hydrogen-bond donors (Lipinski definition) is 1. The monoisotopic (exact) mass is 271 g/mol. The van der Waals surface area contributed by atoms with E-state index in [1.54, 1.807) is 6.07 Å². The normalized spacial score (nSPS) is 14.8. The summed E-state index contributed by atoms with van der Waals surface area (Å²) in [5, 5.41) is 0. The van der Waals surface area contributed by atoms with Crippen LogP contribution in [0.1, 0.15) is 33.9 Å². The fourth-order valence-electron chi connectivity index (χ4n) is 2.89. The molecule has 0 saturated carbocycles. The standard InChI is InChI=1S/C17H18FNO/c1-10-7-11(2)16(14(18)8-10)17(19)13-3-4-15-12(9-13)5-6-20-15/h3-4,7-9,17H,5-6,19H2,1-2H3. The predicted molar refractivity (Wildman–Crippen MR) is 77.5 cm³/mol. The molecule has 1 aliphatic heterocycles. The number of hydrogen-bond acceptors (Lipinski definition) is 2. The van der Waals surface area contributed by atoms with Gasteiger partial charge in [-0.25, -0.2) is 4.39 Å². The van der Waals surface area contributed by atoms with Gasteiger partial charge in [0.1, 0.15) is 11.6 Å². The van der Waals surface area contributed by atoms with E-state index in [2.05, 4.69) is 0 Å². The first-order chi connectivity index (χ1) is 9.56. The molecule has 0 radical (unpaired) electrons. The van der Waals surface area contributed by atoms with Crippen LogP contribution in [-0.4, -0.2) is 6.61 Å². The van der Waals surface area contributed by atoms with E-state index in [1.807, 2.05) is 38.1 Å². The lowest BCUT2D eigenvalue weighted by atomic mass is 9.93. The second kappa shape index (κ2) is 4.91. The van der Waals surface area contributed by atoms with Gasteiger partial charge in [-0.1, -0.05) is 18.2 Å². The molecule has 0 bridgehead atoms. The smallest absolute Gasteiger partial charge is 0.128 e. The van der Waals surface area contributed by atoms with Crippen LogP contribution in [0.4, 0.5) is 4.39 Å². The van der Waals surface area contributed by atoms with Crippen molar-refractivity contribution in [2.75, 3.05) is 6.61 Å². The third-order valence-corrected chi connectivity index (χ3v) is 3.86. The van der Waals surface area contributed by atoms with Crippen molar-refractivity contribution in [2.45, 2.75) is 26.3 Å². The van der Waals surface area contributed by atoms with E-state index >= 15 is 0 Å². The third kappa shape index (κ3) is 2.18. The molecule has 0 spiro atoms. The van der Waals surface area contributed by atoms with Crippen LogP contribution < -0.4 is 10.5 Å². The summed E-state index contributed by atoms with van der Waals surface area (Å²) in [5.41, 5.74) is 10.8. The summed E-state index contributed by atoms with van der Waals surface area (Å²) < 4.78 is 19.7. The van der Waals surface area contributed by atoms with Crippen molar-refractivity contribution in [3.05, 3.63) is 64.0 Å². The first kappa shape index (κ1) is 13.1. The zero-order valence-electron chi connectivity index (χ0n) is 11.7. The number of fused-ring (bicyclic) bond motifs is 1. The zero-order valence-corrected chi connectivity index (χ0v) is 11.7. The molecular formula is C17H18FNO. The number of nitrogens with two attached hydrogens (primary N) is 1. The molecule has 104 valence electrons. The minimum Gasteiger partial charge on any atom is -0.493 e. The van der Waals surface area contributed by atoms with Crippen molar-refractivity contribution < 1.29 is 9.13 Å². The summed E-state index contributed by atoms with van der Waals surface area (Å²) in [6.07, 6.45) is 0.894. The first-order valence-electron chi connectivity index (χ1n) is 6.84. The molecule has 0 aliphatic carbocycles. The van der Waals surface area contributed by atoms with Crippen LogP contribution in [0.25, 0.3) is 0 Å². The van der Waals surface area contributed by atoms with Crippen molar-refractivity contribution in [3.8, 4) is 5.75 Å². The van der Waals surface area contributed by atoms with E-state index in [4.69, 9.17) is 10.5 Å². The Morgan fingerprint density at radius 3 is 2.75 bits per heavy atom. The van der Waals surface area contributed by atoms with Gasteiger partial charge in [0.2, 0.25) is 0 Å². The molecule has 0 saturated heterocycles. The maximum absolute atomic E-state index is 14.2. The molecule has 2 nitrogen and oxygen atoms in total. The Kier molecular flexibility index (Phi) is 3.22. The average Bonchev–Trinajstić information content (AvgIpc) is 2.84. The average molecular weight is 271 g/mol. The molecule has 2 N–H and O–H groups in total. The summed E-state index contributed by atoms with van der Waals surface area (Å²) >= 11 is 0. The zero-order chi connectivity index (χ0) is 14.3. The van der Waals surface area contributed by atoms with Crippen molar-refractivity contribution in [1.82, 2.24) is 0 Å². The van der Waals surface area contributed by atoms with Crippen molar-refractivity contribution >= 4 is 0 Å². The van der Waals surface area contributed by atoms with Gasteiger partial charge in [0.25, 0.3) is 0 Å². The quantitative estimate of drug-likeness (QED) is 0.908. The maximum Gasteiger partial charge on any atom is 0.128 e. The molecule has 2 aromatic rings. The van der Waals surface area contributed by atoms with E-state index < -0.39 is 6.04 Å². The Morgan fingerprint density at radius 1 is 1.20 bits per heavy atom. The van der Waals surface area contributed by atoms with Crippen LogP contribution in [0.15, 0.2) is 30.3 Å². The number of benzene rings is 2. The highest BCUT2D eigenvalue weighted by atomic mass is 19.1. The van der Waals surface area contributed by atoms with Crippen molar-refractivity contribution in [2.24, 2.45) is 5.73 Å². The van der Waals surface area contributed by atoms with Crippen LogP contribution in [0.2, 0.25) is 0 Å². The lowest BCUT2D eigenvalue weighted by Crippen LogP contribution is -2.15. The van der Waals surface area contributed by atoms with Crippen LogP contribution in [-0.2, 0) is 6.42 Å². The lowest BCUT2D eigenvalue weighted by Gasteiger charge is -2.17. The van der Waals surface area contributed by atoms with E-state index in [-0.39, 0.29) is 5.82 Å². The Labute approximate surface area is 118 Å². The van der Waals surface area contributed by atoms with E-state index in [0.29, 0.717) is 12.2 Å². The van der Waals surface area contributed by atoms with Gasteiger partial charge in [-0.3, -0.25) is 0 Å². The van der Waals surface area contributed by atoms with Crippen LogP contribution in [0.5, 0.6) is 5.75 Å². The van der Waals surface area contributed by atoms with Gasteiger partial charge < -0.3 is 10.5 Å². The molecule has 2 aromatic carbocycles. The molecular weight excluding hydrogens is 253 g/mol. The maximum atomic E-state index is 14.2. The van der Waals surface area contributed by atoms with Gasteiger partial charge in [-0.15, -0.1) is 0 Å². The highest BCUT2D eigenvalue weighted by Gasteiger charge is 2.19. The number of aryl methyl sites for hydroxylation is 2. The van der Waals surface area contributed by atoms with Gasteiger partial charge in [0, 0.05) is 12.0 Å². The summed E-state index contributed by atoms with van der Waals surface area (Å²) in [4.78, 5) is 0. The van der Waals surface area contributed by atoms with Crippen LogP contribution >= 0.6 is 0 Å². The van der Waals surface area contributed by atoms with Crippen LogP contribution in [0, 0.1) is 19.7 Å². The minimum absolute atomic E-state index is 0.230. The largest absolute Gasteiger partial charge is 0.493 e. The molecule has 3 heteroatoms. The molecule has 3 rings (SSSR count). The summed E-state index contributed by atoms with van der Waals surface area (Å²) in [5.74, 6) is 0.689. The van der Waals surface area contributed by atoms with Gasteiger partial charge in [-0.2, -0.15) is 0 Å². The van der Waals surface area contributed by atoms with Gasteiger partial charge >= 0.3 is 0 Å². The van der Waals surface area contributed by atoms with E-state index in [1.165, 1.54) is 0 Å². The Balaban J connectivity index is 2.03. The molecule has 1 heterocycles. The summed E-state index contributed by atoms with van der Waals surface area (Å²) in [6.45, 7) is 4.51. The molecule has 20 heavy (non-hydrogen) atoms. The number of halogens is 1. The minimum atomic E-state index is -0.443. The Hall–Kier alpha value is -1.87. The lowest BCUT2D eigenvalue weighted by molar-refractivity contribution is 0.357. The van der Waals surface area contributed by atoms with Gasteiger partial charge in [0.05, 0.1) is 12.6 Å². The Morgan fingerprint density at radius 2 is 2.00 bits per heavy atom. The summed E-state index contributed by atoms with van der Waals surface area (Å²) in [7, 11) is 0. The second-order valence-corrected chi connectivity index (χ2v) is 5.42. The first-order valence-corrected chi connectivity index (χ1v) is 6.84. The van der Waals surface area contributed by atoms with E-state index in [9.17, 15) is 4.39 Å². The molecule has 0 fully saturated rings. The van der Waals surface area contributed by atoms with Crippen molar-refractivity contribution in [1.29, 1.82) is 0 Å². The van der Waals surface area contributed by atoms with Crippen LogP contribution in [0.3, 0.4) is 0 Å². The van der Waals surface area contributed by atoms with E-state index in [0.717, 1.165) is 34.4 Å². The second-order valence-electron chi connectivity index (χ2n) is 5.42. The summed E-state index contributed by atoms with van der Waals surface area (Å²) in [6, 6.07) is 8.95. The molecule has 1 atom stereocenters. The number of ether oxygens (including phenoxy) is 1. The van der Waals surface area contributed by atoms with Gasteiger partial charge in [0.15, 0.2) is 0 Å². The SMILES string of the molecule is Cc1cc(C)c(C(N)c2ccc3c(c2)CCO3)c(F)c1. The van der Waals surface area contributed by atoms with Gasteiger partial charge in [-0.05, 0) is 48.2 Å².